The van der Waals surface area contributed by atoms with Crippen LogP contribution in [0.25, 0.3) is 0 Å². The Labute approximate surface area is 79.7 Å². The van der Waals surface area contributed by atoms with E-state index in [2.05, 4.69) is 19.1 Å². The van der Waals surface area contributed by atoms with Crippen LogP contribution < -0.4 is 5.73 Å². The number of allylic oxidation sites excluding steroid dienone is 3. The van der Waals surface area contributed by atoms with Gasteiger partial charge in [0.05, 0.1) is 6.07 Å². The summed E-state index contributed by atoms with van der Waals surface area (Å²) in [4.78, 5) is 0. The third-order valence-corrected chi connectivity index (χ3v) is 2.60. The molecule has 0 aromatic rings. The molecule has 1 atom stereocenters. The van der Waals surface area contributed by atoms with Crippen LogP contribution in [0.1, 0.15) is 32.6 Å². The van der Waals surface area contributed by atoms with E-state index in [0.717, 1.165) is 18.4 Å². The predicted molar refractivity (Wildman–Crippen MR) is 53.6 cm³/mol. The van der Waals surface area contributed by atoms with Gasteiger partial charge in [0.15, 0.2) is 0 Å². The summed E-state index contributed by atoms with van der Waals surface area (Å²) in [6.07, 6.45) is 8.03. The molecular formula is C11H16N2. The predicted octanol–water partition coefficient (Wildman–Crippen LogP) is 2.49. The van der Waals surface area contributed by atoms with Gasteiger partial charge >= 0.3 is 0 Å². The Hall–Kier alpha value is -1.23. The van der Waals surface area contributed by atoms with Gasteiger partial charge in [0.1, 0.15) is 0 Å². The molecule has 1 aliphatic carbocycles. The van der Waals surface area contributed by atoms with Crippen molar-refractivity contribution >= 4 is 0 Å². The monoisotopic (exact) mass is 176 g/mol. The van der Waals surface area contributed by atoms with Gasteiger partial charge in [-0.05, 0) is 38.5 Å². The summed E-state index contributed by atoms with van der Waals surface area (Å²) in [6.45, 7) is 2.17. The van der Waals surface area contributed by atoms with Crippen LogP contribution in [0.5, 0.6) is 0 Å². The van der Waals surface area contributed by atoms with Gasteiger partial charge in [0.2, 0.25) is 0 Å². The molecule has 0 aliphatic heterocycles. The number of hydrogen-bond acceptors (Lipinski definition) is 2. The Morgan fingerprint density at radius 3 is 3.08 bits per heavy atom. The molecule has 0 amide bonds. The quantitative estimate of drug-likeness (QED) is 0.519. The lowest BCUT2D eigenvalue weighted by Gasteiger charge is -2.19. The van der Waals surface area contributed by atoms with E-state index in [1.54, 1.807) is 0 Å². The second-order valence-corrected chi connectivity index (χ2v) is 3.70. The maximum Gasteiger partial charge on any atom is 0.0962 e. The number of rotatable bonds is 2. The standard InChI is InChI=1S/C11H16N2/c1-9-2-4-10(5-3-9)6-11(7-12)8-13/h2,7,10H,3-6,12H2,1H3/b11-7-. The van der Waals surface area contributed by atoms with E-state index in [-0.39, 0.29) is 0 Å². The number of nitrogens with two attached hydrogens (primary N) is 1. The zero-order valence-corrected chi connectivity index (χ0v) is 8.09. The third-order valence-electron chi connectivity index (χ3n) is 2.60. The third kappa shape index (κ3) is 2.95. The van der Waals surface area contributed by atoms with Crippen molar-refractivity contribution in [2.75, 3.05) is 0 Å². The second kappa shape index (κ2) is 4.71. The van der Waals surface area contributed by atoms with Gasteiger partial charge < -0.3 is 5.73 Å². The molecule has 1 aliphatic rings. The Morgan fingerprint density at radius 1 is 1.85 bits per heavy atom. The summed E-state index contributed by atoms with van der Waals surface area (Å²) in [7, 11) is 0. The summed E-state index contributed by atoms with van der Waals surface area (Å²) < 4.78 is 0. The molecule has 0 aromatic carbocycles. The van der Waals surface area contributed by atoms with Gasteiger partial charge in [-0.1, -0.05) is 11.6 Å². The van der Waals surface area contributed by atoms with E-state index in [1.165, 1.54) is 24.6 Å². The van der Waals surface area contributed by atoms with Gasteiger partial charge in [0.25, 0.3) is 0 Å². The molecular weight excluding hydrogens is 160 g/mol. The molecule has 2 nitrogen and oxygen atoms in total. The van der Waals surface area contributed by atoms with Crippen molar-refractivity contribution in [3.8, 4) is 6.07 Å². The summed E-state index contributed by atoms with van der Waals surface area (Å²) in [5.74, 6) is 0.623. The van der Waals surface area contributed by atoms with Crippen molar-refractivity contribution in [3.63, 3.8) is 0 Å². The number of nitrogens with zero attached hydrogens (tertiary/aromatic N) is 1. The Bertz CT molecular complexity index is 268. The lowest BCUT2D eigenvalue weighted by molar-refractivity contribution is 0.469. The number of nitriles is 1. The molecule has 0 aromatic heterocycles. The minimum absolute atomic E-state index is 0.623. The molecule has 0 heterocycles. The fourth-order valence-electron chi connectivity index (χ4n) is 1.67. The molecule has 1 unspecified atom stereocenters. The van der Waals surface area contributed by atoms with Crippen LogP contribution in [0, 0.1) is 17.2 Å². The van der Waals surface area contributed by atoms with Crippen molar-refractivity contribution in [1.82, 2.24) is 0 Å². The zero-order chi connectivity index (χ0) is 9.68. The fraction of sp³-hybridized carbons (Fsp3) is 0.545. The molecule has 70 valence electrons. The lowest BCUT2D eigenvalue weighted by atomic mass is 9.86. The van der Waals surface area contributed by atoms with Crippen molar-refractivity contribution in [1.29, 1.82) is 5.26 Å². The molecule has 13 heavy (non-hydrogen) atoms. The summed E-state index contributed by atoms with van der Waals surface area (Å²) in [5.41, 5.74) is 7.53. The first kappa shape index (κ1) is 9.85. The normalized spacial score (nSPS) is 23.5. The van der Waals surface area contributed by atoms with E-state index in [9.17, 15) is 0 Å². The zero-order valence-electron chi connectivity index (χ0n) is 8.09. The highest BCUT2D eigenvalue weighted by Gasteiger charge is 2.13. The van der Waals surface area contributed by atoms with Crippen molar-refractivity contribution in [2.24, 2.45) is 11.7 Å². The van der Waals surface area contributed by atoms with E-state index >= 15 is 0 Å². The lowest BCUT2D eigenvalue weighted by Crippen LogP contribution is -2.06. The van der Waals surface area contributed by atoms with E-state index in [1.807, 2.05) is 0 Å². The van der Waals surface area contributed by atoms with Crippen LogP contribution in [-0.2, 0) is 0 Å². The van der Waals surface area contributed by atoms with Crippen LogP contribution in [0.15, 0.2) is 23.4 Å². The molecule has 2 heteroatoms. The second-order valence-electron chi connectivity index (χ2n) is 3.70. The average molecular weight is 176 g/mol. The van der Waals surface area contributed by atoms with Gasteiger partial charge in [-0.2, -0.15) is 5.26 Å². The Balaban J connectivity index is 2.45. The first-order valence-corrected chi connectivity index (χ1v) is 4.72. The molecule has 0 spiro atoms. The van der Waals surface area contributed by atoms with Crippen molar-refractivity contribution < 1.29 is 0 Å². The maximum absolute atomic E-state index is 8.69. The van der Waals surface area contributed by atoms with Crippen LogP contribution in [0.4, 0.5) is 0 Å². The van der Waals surface area contributed by atoms with Crippen LogP contribution in [-0.4, -0.2) is 0 Å². The highest BCUT2D eigenvalue weighted by molar-refractivity contribution is 5.20. The highest BCUT2D eigenvalue weighted by atomic mass is 14.5. The van der Waals surface area contributed by atoms with Crippen molar-refractivity contribution in [3.05, 3.63) is 23.4 Å². The van der Waals surface area contributed by atoms with Crippen LogP contribution in [0.3, 0.4) is 0 Å². The van der Waals surface area contributed by atoms with Crippen molar-refractivity contribution in [2.45, 2.75) is 32.6 Å². The van der Waals surface area contributed by atoms with E-state index in [4.69, 9.17) is 11.0 Å². The smallest absolute Gasteiger partial charge is 0.0962 e. The first-order chi connectivity index (χ1) is 6.26. The van der Waals surface area contributed by atoms with Gasteiger partial charge in [-0.25, -0.2) is 0 Å². The van der Waals surface area contributed by atoms with E-state index < -0.39 is 0 Å². The van der Waals surface area contributed by atoms with Gasteiger partial charge in [-0.15, -0.1) is 0 Å². The van der Waals surface area contributed by atoms with Gasteiger partial charge in [-0.3, -0.25) is 0 Å². The molecule has 0 fully saturated rings. The molecule has 1 rings (SSSR count). The SMILES string of the molecule is CC1=CCC(C/C(C#N)=C/N)CC1. The Kier molecular flexibility index (Phi) is 3.57. The summed E-state index contributed by atoms with van der Waals surface area (Å²) in [5, 5.41) is 8.69. The van der Waals surface area contributed by atoms with Crippen LogP contribution in [0.2, 0.25) is 0 Å². The van der Waals surface area contributed by atoms with E-state index in [0.29, 0.717) is 5.92 Å². The molecule has 0 saturated carbocycles. The maximum atomic E-state index is 8.69. The first-order valence-electron chi connectivity index (χ1n) is 4.72. The summed E-state index contributed by atoms with van der Waals surface area (Å²) >= 11 is 0. The fourth-order valence-corrected chi connectivity index (χ4v) is 1.67. The molecule has 0 radical (unpaired) electrons. The average Bonchev–Trinajstić information content (AvgIpc) is 2.17. The molecule has 2 N–H and O–H groups in total. The summed E-state index contributed by atoms with van der Waals surface area (Å²) in [6, 6.07) is 2.13. The Morgan fingerprint density at radius 2 is 2.62 bits per heavy atom. The largest absolute Gasteiger partial charge is 0.404 e. The minimum atomic E-state index is 0.623. The number of hydrogen-bond donors (Lipinski definition) is 1. The molecule has 0 saturated heterocycles. The minimum Gasteiger partial charge on any atom is -0.404 e. The van der Waals surface area contributed by atoms with Gasteiger partial charge in [0, 0.05) is 11.8 Å². The van der Waals surface area contributed by atoms with Crippen LogP contribution >= 0.6 is 0 Å². The highest BCUT2D eigenvalue weighted by Crippen LogP contribution is 2.27. The topological polar surface area (TPSA) is 49.8 Å². The molecule has 0 bridgehead atoms.